The average Bonchev–Trinajstić information content (AvgIpc) is 3.35. The van der Waals surface area contributed by atoms with Crippen molar-refractivity contribution >= 4 is 35.6 Å². The van der Waals surface area contributed by atoms with E-state index in [4.69, 9.17) is 10.8 Å². The fourth-order valence-corrected chi connectivity index (χ4v) is 3.36. The van der Waals surface area contributed by atoms with Crippen molar-refractivity contribution in [2.75, 3.05) is 0 Å². The van der Waals surface area contributed by atoms with Gasteiger partial charge in [-0.2, -0.15) is 0 Å². The van der Waals surface area contributed by atoms with Crippen molar-refractivity contribution < 1.29 is 44.1 Å². The van der Waals surface area contributed by atoms with Crippen molar-refractivity contribution in [2.45, 2.75) is 49.9 Å². The average molecular weight is 533 g/mol. The molecule has 0 saturated heterocycles. The Morgan fingerprint density at radius 3 is 1.92 bits per heavy atom. The molecule has 2 aromatic rings. The highest BCUT2D eigenvalue weighted by molar-refractivity contribution is 5.96. The Balaban J connectivity index is 2.23. The zero-order chi connectivity index (χ0) is 28.2. The molecule has 1 heterocycles. The lowest BCUT2D eigenvalue weighted by Gasteiger charge is -2.24. The molecule has 15 heteroatoms. The van der Waals surface area contributed by atoms with Crippen molar-refractivity contribution in [1.29, 1.82) is 0 Å². The van der Waals surface area contributed by atoms with Crippen LogP contribution in [-0.2, 0) is 41.6 Å². The number of nitrogens with zero attached hydrogens (tertiary/aromatic N) is 1. The van der Waals surface area contributed by atoms with E-state index in [1.165, 1.54) is 12.5 Å². The van der Waals surface area contributed by atoms with Crippen LogP contribution in [0.3, 0.4) is 0 Å². The van der Waals surface area contributed by atoms with E-state index in [0.717, 1.165) is 0 Å². The fourth-order valence-electron chi connectivity index (χ4n) is 3.36. The van der Waals surface area contributed by atoms with Crippen molar-refractivity contribution in [3.05, 3.63) is 54.1 Å². The van der Waals surface area contributed by atoms with Crippen LogP contribution in [0, 0.1) is 0 Å². The third-order valence-electron chi connectivity index (χ3n) is 5.25. The minimum atomic E-state index is -1.70. The number of carboxylic acids is 3. The van der Waals surface area contributed by atoms with Crippen LogP contribution in [0.4, 0.5) is 0 Å². The van der Waals surface area contributed by atoms with Gasteiger partial charge in [-0.3, -0.25) is 24.0 Å². The summed E-state index contributed by atoms with van der Waals surface area (Å²) in [6.45, 7) is 0. The van der Waals surface area contributed by atoms with Gasteiger partial charge in [-0.05, 0) is 5.56 Å². The molecule has 0 spiro atoms. The molecule has 0 bridgehead atoms. The predicted molar refractivity (Wildman–Crippen MR) is 128 cm³/mol. The molecule has 3 amide bonds. The van der Waals surface area contributed by atoms with Gasteiger partial charge in [0.15, 0.2) is 0 Å². The molecule has 4 atom stereocenters. The SMILES string of the molecule is NC(CC(=O)O)C(=O)NC(CC(=O)O)C(=O)NC(Cc1ccccc1)C(=O)NC(Cc1cnc[nH]1)C(=O)O. The number of carbonyl (C=O) groups is 6. The first kappa shape index (κ1) is 29.4. The Morgan fingerprint density at radius 2 is 1.37 bits per heavy atom. The lowest BCUT2D eigenvalue weighted by molar-refractivity contribution is -0.143. The van der Waals surface area contributed by atoms with Gasteiger partial charge in [0.2, 0.25) is 17.7 Å². The van der Waals surface area contributed by atoms with Gasteiger partial charge >= 0.3 is 17.9 Å². The molecule has 9 N–H and O–H groups in total. The molecule has 0 radical (unpaired) electrons. The second-order valence-corrected chi connectivity index (χ2v) is 8.29. The molecule has 4 unspecified atom stereocenters. The van der Waals surface area contributed by atoms with E-state index in [9.17, 15) is 39.0 Å². The molecule has 2 rings (SSSR count). The van der Waals surface area contributed by atoms with Gasteiger partial charge < -0.3 is 42.0 Å². The molecule has 0 fully saturated rings. The largest absolute Gasteiger partial charge is 0.481 e. The number of hydrogen-bond donors (Lipinski definition) is 8. The number of nitrogens with two attached hydrogens (primary N) is 1. The molecule has 0 saturated carbocycles. The summed E-state index contributed by atoms with van der Waals surface area (Å²) in [5, 5.41) is 34.4. The van der Waals surface area contributed by atoms with Crippen LogP contribution < -0.4 is 21.7 Å². The number of H-pyrrole nitrogens is 1. The predicted octanol–water partition coefficient (Wildman–Crippen LogP) is -1.99. The molecule has 38 heavy (non-hydrogen) atoms. The maximum atomic E-state index is 13.1. The Bertz CT molecular complexity index is 1140. The van der Waals surface area contributed by atoms with Gasteiger partial charge in [0.05, 0.1) is 25.2 Å². The summed E-state index contributed by atoms with van der Waals surface area (Å²) in [5.41, 5.74) is 6.52. The van der Waals surface area contributed by atoms with Crippen molar-refractivity contribution in [2.24, 2.45) is 5.73 Å². The first-order valence-electron chi connectivity index (χ1n) is 11.3. The quantitative estimate of drug-likeness (QED) is 0.125. The van der Waals surface area contributed by atoms with Gasteiger partial charge in [0.1, 0.15) is 18.1 Å². The first-order chi connectivity index (χ1) is 18.0. The van der Waals surface area contributed by atoms with Gasteiger partial charge in [0, 0.05) is 24.7 Å². The maximum absolute atomic E-state index is 13.1. The minimum Gasteiger partial charge on any atom is -0.481 e. The fraction of sp³-hybridized carbons (Fsp3) is 0.348. The zero-order valence-corrected chi connectivity index (χ0v) is 20.0. The van der Waals surface area contributed by atoms with Crippen LogP contribution in [0.15, 0.2) is 42.9 Å². The highest BCUT2D eigenvalue weighted by Gasteiger charge is 2.32. The number of aromatic amines is 1. The summed E-state index contributed by atoms with van der Waals surface area (Å²) in [6, 6.07) is 2.39. The number of carboxylic acid groups (broad SMARTS) is 3. The monoisotopic (exact) mass is 532 g/mol. The second kappa shape index (κ2) is 14.1. The lowest BCUT2D eigenvalue weighted by Crippen LogP contribution is -2.58. The molecule has 1 aromatic carbocycles. The smallest absolute Gasteiger partial charge is 0.326 e. The van der Waals surface area contributed by atoms with Crippen LogP contribution in [0.2, 0.25) is 0 Å². The van der Waals surface area contributed by atoms with Crippen LogP contribution in [0.25, 0.3) is 0 Å². The Kier molecular flexibility index (Phi) is 10.9. The summed E-state index contributed by atoms with van der Waals surface area (Å²) in [7, 11) is 0. The van der Waals surface area contributed by atoms with Gasteiger partial charge in [-0.15, -0.1) is 0 Å². The highest BCUT2D eigenvalue weighted by Crippen LogP contribution is 2.07. The molecule has 0 aliphatic rings. The van der Waals surface area contributed by atoms with Gasteiger partial charge in [-0.25, -0.2) is 9.78 Å². The Hall–Kier alpha value is -4.79. The number of benzene rings is 1. The molecule has 204 valence electrons. The Labute approximate surface area is 215 Å². The molecule has 1 aromatic heterocycles. The van der Waals surface area contributed by atoms with Crippen molar-refractivity contribution in [3.63, 3.8) is 0 Å². The van der Waals surface area contributed by atoms with Crippen LogP contribution >= 0.6 is 0 Å². The number of aromatic nitrogens is 2. The van der Waals surface area contributed by atoms with Crippen molar-refractivity contribution in [1.82, 2.24) is 25.9 Å². The molecular weight excluding hydrogens is 504 g/mol. The highest BCUT2D eigenvalue weighted by atomic mass is 16.4. The lowest BCUT2D eigenvalue weighted by atomic mass is 10.0. The number of imidazole rings is 1. The third-order valence-corrected chi connectivity index (χ3v) is 5.25. The normalized spacial score (nSPS) is 13.8. The summed E-state index contributed by atoms with van der Waals surface area (Å²) in [4.78, 5) is 78.7. The Morgan fingerprint density at radius 1 is 0.789 bits per heavy atom. The van der Waals surface area contributed by atoms with E-state index in [0.29, 0.717) is 11.3 Å². The topological polar surface area (TPSA) is 254 Å². The number of rotatable bonds is 15. The molecular formula is C23H28N6O9. The summed E-state index contributed by atoms with van der Waals surface area (Å²) >= 11 is 0. The number of amides is 3. The van der Waals surface area contributed by atoms with E-state index in [1.807, 2.05) is 0 Å². The van der Waals surface area contributed by atoms with E-state index in [2.05, 4.69) is 25.9 Å². The standard InChI is InChI=1S/C23H28N6O9/c24-14(8-18(30)31)20(34)27-16(9-19(32)33)22(36)28-15(6-12-4-2-1-3-5-12)21(35)29-17(23(37)38)7-13-10-25-11-26-13/h1-5,10-11,14-17H,6-9,24H2,(H,25,26)(H,27,34)(H,28,36)(H,29,35)(H,30,31)(H,32,33)(H,37,38). The van der Waals surface area contributed by atoms with E-state index in [-0.39, 0.29) is 12.8 Å². The number of carbonyl (C=O) groups excluding carboxylic acids is 3. The molecule has 15 nitrogen and oxygen atoms in total. The van der Waals surface area contributed by atoms with Crippen LogP contribution in [0.1, 0.15) is 24.1 Å². The second-order valence-electron chi connectivity index (χ2n) is 8.29. The number of nitrogens with one attached hydrogen (secondary N) is 4. The minimum absolute atomic E-state index is 0.0962. The number of hydrogen-bond acceptors (Lipinski definition) is 8. The van der Waals surface area contributed by atoms with Crippen LogP contribution in [0.5, 0.6) is 0 Å². The first-order valence-corrected chi connectivity index (χ1v) is 11.3. The number of aliphatic carboxylic acids is 3. The summed E-state index contributed by atoms with van der Waals surface area (Å²) in [6.07, 6.45) is 0.842. The maximum Gasteiger partial charge on any atom is 0.326 e. The zero-order valence-electron chi connectivity index (χ0n) is 20.0. The van der Waals surface area contributed by atoms with Crippen molar-refractivity contribution in [3.8, 4) is 0 Å². The molecule has 0 aliphatic heterocycles. The molecule has 0 aliphatic carbocycles. The van der Waals surface area contributed by atoms with Gasteiger partial charge in [0.25, 0.3) is 0 Å². The van der Waals surface area contributed by atoms with Gasteiger partial charge in [-0.1, -0.05) is 30.3 Å². The summed E-state index contributed by atoms with van der Waals surface area (Å²) in [5.74, 6) is -7.22. The van der Waals surface area contributed by atoms with E-state index in [1.54, 1.807) is 30.3 Å². The van der Waals surface area contributed by atoms with Crippen LogP contribution in [-0.4, -0.2) is 85.1 Å². The third kappa shape index (κ3) is 9.69. The van der Waals surface area contributed by atoms with E-state index < -0.39 is 72.6 Å². The summed E-state index contributed by atoms with van der Waals surface area (Å²) < 4.78 is 0. The van der Waals surface area contributed by atoms with E-state index >= 15 is 0 Å².